The monoisotopic (exact) mass is 239 g/mol. The summed E-state index contributed by atoms with van der Waals surface area (Å²) >= 11 is 0. The normalized spacial score (nSPS) is 16.8. The fraction of sp³-hybridized carbons (Fsp3) is 0.636. The molecule has 2 rings (SSSR count). The number of hydrogen-bond donors (Lipinski definition) is 2. The second-order valence-electron chi connectivity index (χ2n) is 4.23. The first-order valence-electron chi connectivity index (χ1n) is 5.72. The zero-order chi connectivity index (χ0) is 12.3. The number of methoxy groups -OCH3 is 1. The van der Waals surface area contributed by atoms with Crippen molar-refractivity contribution in [2.24, 2.45) is 0 Å². The van der Waals surface area contributed by atoms with E-state index >= 15 is 0 Å². The van der Waals surface area contributed by atoms with Gasteiger partial charge >= 0.3 is 0 Å². The van der Waals surface area contributed by atoms with Crippen molar-refractivity contribution in [3.05, 3.63) is 22.5 Å². The van der Waals surface area contributed by atoms with Crippen molar-refractivity contribution in [1.29, 1.82) is 0 Å². The number of hydrogen-bond acceptors (Lipinski definition) is 5. The van der Waals surface area contributed by atoms with Crippen molar-refractivity contribution in [1.82, 2.24) is 15.1 Å². The largest absolute Gasteiger partial charge is 0.480 e. The van der Waals surface area contributed by atoms with Crippen LogP contribution in [-0.2, 0) is 6.54 Å². The van der Waals surface area contributed by atoms with Crippen LogP contribution in [0.15, 0.2) is 16.9 Å². The summed E-state index contributed by atoms with van der Waals surface area (Å²) in [4.78, 5) is 11.5. The van der Waals surface area contributed by atoms with Gasteiger partial charge in [0.05, 0.1) is 19.8 Å². The molecule has 1 aliphatic carbocycles. The van der Waals surface area contributed by atoms with Gasteiger partial charge in [-0.05, 0) is 12.8 Å². The summed E-state index contributed by atoms with van der Waals surface area (Å²) in [5.74, 6) is 0.368. The molecule has 1 aromatic rings. The molecule has 0 amide bonds. The van der Waals surface area contributed by atoms with Crippen LogP contribution in [0.3, 0.4) is 0 Å². The molecule has 6 heteroatoms. The van der Waals surface area contributed by atoms with E-state index in [0.29, 0.717) is 18.5 Å². The van der Waals surface area contributed by atoms with Crippen LogP contribution in [-0.4, -0.2) is 40.7 Å². The standard InChI is InChI=1S/C11H17N3O3/c1-17-10-4-5-11(16)14(13-10)7-9(15)6-12-8-2-3-8/h4-5,8-9,12,15H,2-3,6-7H2,1H3. The molecule has 0 radical (unpaired) electrons. The molecular formula is C11H17N3O3. The van der Waals surface area contributed by atoms with E-state index in [2.05, 4.69) is 10.4 Å². The first-order valence-corrected chi connectivity index (χ1v) is 5.72. The highest BCUT2D eigenvalue weighted by Crippen LogP contribution is 2.18. The zero-order valence-electron chi connectivity index (χ0n) is 9.80. The fourth-order valence-corrected chi connectivity index (χ4v) is 1.52. The quantitative estimate of drug-likeness (QED) is 0.691. The maximum absolute atomic E-state index is 11.5. The van der Waals surface area contributed by atoms with E-state index < -0.39 is 6.10 Å². The molecule has 0 aliphatic heterocycles. The maximum Gasteiger partial charge on any atom is 0.267 e. The van der Waals surface area contributed by atoms with Crippen LogP contribution in [0.4, 0.5) is 0 Å². The van der Waals surface area contributed by atoms with Crippen molar-refractivity contribution in [2.75, 3.05) is 13.7 Å². The van der Waals surface area contributed by atoms with Crippen LogP contribution in [0.2, 0.25) is 0 Å². The second-order valence-corrected chi connectivity index (χ2v) is 4.23. The SMILES string of the molecule is COc1ccc(=O)n(CC(O)CNC2CC2)n1. The van der Waals surface area contributed by atoms with E-state index in [4.69, 9.17) is 4.74 Å². The van der Waals surface area contributed by atoms with Gasteiger partial charge in [-0.3, -0.25) is 4.79 Å². The minimum Gasteiger partial charge on any atom is -0.480 e. The summed E-state index contributed by atoms with van der Waals surface area (Å²) in [5.41, 5.74) is -0.240. The number of aromatic nitrogens is 2. The van der Waals surface area contributed by atoms with Gasteiger partial charge in [0.1, 0.15) is 0 Å². The van der Waals surface area contributed by atoms with Gasteiger partial charge in [0.25, 0.3) is 5.56 Å². The maximum atomic E-state index is 11.5. The highest BCUT2D eigenvalue weighted by molar-refractivity contribution is 5.06. The Balaban J connectivity index is 1.93. The first kappa shape index (κ1) is 12.1. The molecule has 6 nitrogen and oxygen atoms in total. The Morgan fingerprint density at radius 2 is 2.41 bits per heavy atom. The second kappa shape index (κ2) is 5.29. The highest BCUT2D eigenvalue weighted by Gasteiger charge is 2.21. The molecule has 1 atom stereocenters. The molecule has 2 N–H and O–H groups in total. The van der Waals surface area contributed by atoms with Gasteiger partial charge in [0, 0.05) is 24.7 Å². The molecule has 0 saturated heterocycles. The average molecular weight is 239 g/mol. The molecule has 1 aliphatic rings. The number of ether oxygens (including phenoxy) is 1. The van der Waals surface area contributed by atoms with Gasteiger partial charge in [0.2, 0.25) is 5.88 Å². The zero-order valence-corrected chi connectivity index (χ0v) is 9.80. The summed E-state index contributed by atoms with van der Waals surface area (Å²) < 4.78 is 6.15. The van der Waals surface area contributed by atoms with Gasteiger partial charge in [-0.1, -0.05) is 0 Å². The van der Waals surface area contributed by atoms with Crippen molar-refractivity contribution in [2.45, 2.75) is 31.5 Å². The van der Waals surface area contributed by atoms with E-state index in [1.54, 1.807) is 0 Å². The lowest BCUT2D eigenvalue weighted by Gasteiger charge is -2.12. The number of aliphatic hydroxyl groups is 1. The lowest BCUT2D eigenvalue weighted by atomic mass is 10.3. The molecule has 17 heavy (non-hydrogen) atoms. The minimum atomic E-state index is -0.618. The molecule has 1 heterocycles. The molecule has 0 spiro atoms. The number of nitrogens with zero attached hydrogens (tertiary/aromatic N) is 2. The molecule has 0 aromatic carbocycles. The lowest BCUT2D eigenvalue weighted by molar-refractivity contribution is 0.143. The third-order valence-corrected chi connectivity index (χ3v) is 2.65. The van der Waals surface area contributed by atoms with Crippen LogP contribution in [0, 0.1) is 0 Å². The van der Waals surface area contributed by atoms with Gasteiger partial charge < -0.3 is 15.2 Å². The van der Waals surface area contributed by atoms with Gasteiger partial charge in [-0.15, -0.1) is 5.10 Å². The summed E-state index contributed by atoms with van der Waals surface area (Å²) in [6.07, 6.45) is 1.72. The van der Waals surface area contributed by atoms with E-state index in [0.717, 1.165) is 0 Å². The predicted octanol–water partition coefficient (Wildman–Crippen LogP) is -0.635. The van der Waals surface area contributed by atoms with Crippen LogP contribution in [0.5, 0.6) is 5.88 Å². The van der Waals surface area contributed by atoms with E-state index in [1.807, 2.05) is 0 Å². The van der Waals surface area contributed by atoms with Crippen LogP contribution in [0.1, 0.15) is 12.8 Å². The van der Waals surface area contributed by atoms with Crippen molar-refractivity contribution in [3.63, 3.8) is 0 Å². The molecule has 1 unspecified atom stereocenters. The van der Waals surface area contributed by atoms with Crippen molar-refractivity contribution in [3.8, 4) is 5.88 Å². The van der Waals surface area contributed by atoms with E-state index in [1.165, 1.54) is 36.8 Å². The summed E-state index contributed by atoms with van der Waals surface area (Å²) in [6.45, 7) is 0.658. The molecule has 0 bridgehead atoms. The minimum absolute atomic E-state index is 0.176. The number of rotatable bonds is 6. The Morgan fingerprint density at radius 3 is 3.06 bits per heavy atom. The van der Waals surface area contributed by atoms with Gasteiger partial charge in [-0.25, -0.2) is 4.68 Å². The van der Waals surface area contributed by atoms with Crippen LogP contribution >= 0.6 is 0 Å². The number of nitrogens with one attached hydrogen (secondary N) is 1. The Morgan fingerprint density at radius 1 is 1.65 bits per heavy atom. The molecule has 1 fully saturated rings. The molecule has 1 saturated carbocycles. The van der Waals surface area contributed by atoms with Gasteiger partial charge in [0.15, 0.2) is 0 Å². The highest BCUT2D eigenvalue weighted by atomic mass is 16.5. The van der Waals surface area contributed by atoms with E-state index in [9.17, 15) is 9.90 Å². The lowest BCUT2D eigenvalue weighted by Crippen LogP contribution is -2.35. The molecule has 1 aromatic heterocycles. The fourth-order valence-electron chi connectivity index (χ4n) is 1.52. The first-order chi connectivity index (χ1) is 8.19. The van der Waals surface area contributed by atoms with E-state index in [-0.39, 0.29) is 12.1 Å². The third kappa shape index (κ3) is 3.54. The topological polar surface area (TPSA) is 76.4 Å². The summed E-state index contributed by atoms with van der Waals surface area (Å²) in [5, 5.41) is 16.9. The van der Waals surface area contributed by atoms with Crippen molar-refractivity contribution >= 4 is 0 Å². The Bertz CT molecular complexity index is 428. The Kier molecular flexibility index (Phi) is 3.75. The van der Waals surface area contributed by atoms with Crippen LogP contribution in [0.25, 0.3) is 0 Å². The van der Waals surface area contributed by atoms with Crippen LogP contribution < -0.4 is 15.6 Å². The van der Waals surface area contributed by atoms with Gasteiger partial charge in [-0.2, -0.15) is 0 Å². The Hall–Kier alpha value is -1.40. The predicted molar refractivity (Wildman–Crippen MR) is 62.1 cm³/mol. The Labute approximate surface area is 99.2 Å². The third-order valence-electron chi connectivity index (χ3n) is 2.65. The summed E-state index contributed by atoms with van der Waals surface area (Å²) in [7, 11) is 1.49. The number of aliphatic hydroxyl groups excluding tert-OH is 1. The average Bonchev–Trinajstić information content (AvgIpc) is 3.13. The van der Waals surface area contributed by atoms with Crippen molar-refractivity contribution < 1.29 is 9.84 Å². The smallest absolute Gasteiger partial charge is 0.267 e. The molecular weight excluding hydrogens is 222 g/mol. The molecule has 94 valence electrons. The summed E-state index contributed by atoms with van der Waals surface area (Å²) in [6, 6.07) is 3.43.